The largest absolute Gasteiger partial charge is 0.497 e. The van der Waals surface area contributed by atoms with E-state index in [9.17, 15) is 9.59 Å². The highest BCUT2D eigenvalue weighted by Gasteiger charge is 2.23. The first-order valence-corrected chi connectivity index (χ1v) is 9.68. The topological polar surface area (TPSA) is 104 Å². The van der Waals surface area contributed by atoms with Gasteiger partial charge in [-0.25, -0.2) is 14.8 Å². The number of aromatic nitrogens is 2. The van der Waals surface area contributed by atoms with Gasteiger partial charge in [0, 0.05) is 0 Å². The summed E-state index contributed by atoms with van der Waals surface area (Å²) in [6.07, 6.45) is 0.672. The maximum absolute atomic E-state index is 12.6. The van der Waals surface area contributed by atoms with E-state index in [1.54, 1.807) is 32.2 Å². The lowest BCUT2D eigenvalue weighted by Crippen LogP contribution is -2.32. The molecule has 0 saturated carbocycles. The quantitative estimate of drug-likeness (QED) is 0.478. The minimum atomic E-state index is -0.950. The molecule has 0 fully saturated rings. The number of oxazole rings is 1. The molecule has 0 bridgehead atoms. The van der Waals surface area contributed by atoms with Gasteiger partial charge in [0.05, 0.1) is 22.9 Å². The third-order valence-corrected chi connectivity index (χ3v) is 5.24. The number of anilines is 1. The normalized spacial score (nSPS) is 12.1. The van der Waals surface area contributed by atoms with Gasteiger partial charge in [-0.05, 0) is 42.8 Å². The zero-order valence-electron chi connectivity index (χ0n) is 15.7. The van der Waals surface area contributed by atoms with E-state index in [2.05, 4.69) is 15.3 Å². The Labute approximate surface area is 169 Å². The molecule has 0 aliphatic rings. The molecule has 0 saturated heterocycles. The van der Waals surface area contributed by atoms with Crippen LogP contribution in [0.15, 0.2) is 47.2 Å². The number of ether oxygens (including phenoxy) is 2. The van der Waals surface area contributed by atoms with Crippen molar-refractivity contribution in [2.45, 2.75) is 19.4 Å². The standard InChI is InChI=1S/C20H17N3O5S/c1-3-15(28-19(25)11-4-6-13-16(8-11)27-10-21-13)18(24)23-20-22-14-7-5-12(26-2)9-17(14)29-20/h4-10,15H,3H2,1-2H3,(H,22,23,24). The van der Waals surface area contributed by atoms with Crippen LogP contribution in [-0.2, 0) is 9.53 Å². The number of methoxy groups -OCH3 is 1. The summed E-state index contributed by atoms with van der Waals surface area (Å²) in [5, 5.41) is 3.15. The summed E-state index contributed by atoms with van der Waals surface area (Å²) >= 11 is 1.32. The highest BCUT2D eigenvalue weighted by Crippen LogP contribution is 2.29. The SMILES string of the molecule is CCC(OC(=O)c1ccc2ncoc2c1)C(=O)Nc1nc2ccc(OC)cc2s1. The van der Waals surface area contributed by atoms with Gasteiger partial charge in [0.25, 0.3) is 5.91 Å². The van der Waals surface area contributed by atoms with Crippen LogP contribution in [0.2, 0.25) is 0 Å². The molecule has 1 atom stereocenters. The number of thiazole rings is 1. The number of esters is 1. The first-order chi connectivity index (χ1) is 14.1. The molecule has 0 aliphatic carbocycles. The fourth-order valence-corrected chi connectivity index (χ4v) is 3.67. The number of rotatable bonds is 6. The number of fused-ring (bicyclic) bond motifs is 2. The number of hydrogen-bond acceptors (Lipinski definition) is 8. The highest BCUT2D eigenvalue weighted by atomic mass is 32.1. The number of nitrogens with one attached hydrogen (secondary N) is 1. The van der Waals surface area contributed by atoms with Gasteiger partial charge in [-0.3, -0.25) is 10.1 Å². The van der Waals surface area contributed by atoms with Crippen LogP contribution in [-0.4, -0.2) is 35.1 Å². The van der Waals surface area contributed by atoms with E-state index in [0.29, 0.717) is 28.4 Å². The fourth-order valence-electron chi connectivity index (χ4n) is 2.77. The lowest BCUT2D eigenvalue weighted by Gasteiger charge is -2.15. The Morgan fingerprint density at radius 1 is 1.21 bits per heavy atom. The second-order valence-electron chi connectivity index (χ2n) is 6.18. The summed E-state index contributed by atoms with van der Waals surface area (Å²) in [5.41, 5.74) is 2.14. The lowest BCUT2D eigenvalue weighted by atomic mass is 10.2. The van der Waals surface area contributed by atoms with E-state index in [1.807, 2.05) is 12.1 Å². The van der Waals surface area contributed by atoms with Crippen molar-refractivity contribution in [3.05, 3.63) is 48.4 Å². The predicted molar refractivity (Wildman–Crippen MR) is 108 cm³/mol. The maximum atomic E-state index is 12.6. The number of amides is 1. The summed E-state index contributed by atoms with van der Waals surface area (Å²) in [5.74, 6) is -0.338. The fraction of sp³-hybridized carbons (Fsp3) is 0.200. The molecule has 2 aromatic carbocycles. The van der Waals surface area contributed by atoms with Crippen LogP contribution < -0.4 is 10.1 Å². The molecule has 1 amide bonds. The van der Waals surface area contributed by atoms with Crippen molar-refractivity contribution in [1.82, 2.24) is 9.97 Å². The first kappa shape index (κ1) is 18.9. The molecule has 29 heavy (non-hydrogen) atoms. The summed E-state index contributed by atoms with van der Waals surface area (Å²) < 4.78 is 16.7. The van der Waals surface area contributed by atoms with Crippen molar-refractivity contribution in [2.24, 2.45) is 0 Å². The Morgan fingerprint density at radius 2 is 2.03 bits per heavy atom. The predicted octanol–water partition coefficient (Wildman–Crippen LogP) is 4.02. The average Bonchev–Trinajstić information content (AvgIpc) is 3.36. The number of benzene rings is 2. The number of carbonyl (C=O) groups is 2. The van der Waals surface area contributed by atoms with E-state index < -0.39 is 18.0 Å². The zero-order chi connectivity index (χ0) is 20.4. The third kappa shape index (κ3) is 3.90. The molecule has 0 aliphatic heterocycles. The van der Waals surface area contributed by atoms with Gasteiger partial charge in [-0.2, -0.15) is 0 Å². The van der Waals surface area contributed by atoms with E-state index in [-0.39, 0.29) is 5.56 Å². The van der Waals surface area contributed by atoms with Crippen molar-refractivity contribution in [2.75, 3.05) is 12.4 Å². The molecule has 0 spiro atoms. The van der Waals surface area contributed by atoms with Gasteiger partial charge in [-0.15, -0.1) is 0 Å². The second-order valence-corrected chi connectivity index (χ2v) is 7.21. The highest BCUT2D eigenvalue weighted by molar-refractivity contribution is 7.22. The zero-order valence-corrected chi connectivity index (χ0v) is 16.5. The van der Waals surface area contributed by atoms with Gasteiger partial charge >= 0.3 is 5.97 Å². The summed E-state index contributed by atoms with van der Waals surface area (Å²) in [6.45, 7) is 1.76. The van der Waals surface area contributed by atoms with Crippen molar-refractivity contribution in [1.29, 1.82) is 0 Å². The summed E-state index contributed by atoms with van der Waals surface area (Å²) in [6, 6.07) is 10.2. The van der Waals surface area contributed by atoms with E-state index >= 15 is 0 Å². The minimum absolute atomic E-state index is 0.285. The van der Waals surface area contributed by atoms with Gasteiger partial charge in [-0.1, -0.05) is 18.3 Å². The van der Waals surface area contributed by atoms with E-state index in [4.69, 9.17) is 13.9 Å². The van der Waals surface area contributed by atoms with Crippen LogP contribution >= 0.6 is 11.3 Å². The molecule has 1 N–H and O–H groups in total. The smallest absolute Gasteiger partial charge is 0.339 e. The third-order valence-electron chi connectivity index (χ3n) is 4.31. The van der Waals surface area contributed by atoms with Gasteiger partial charge < -0.3 is 13.9 Å². The second kappa shape index (κ2) is 7.88. The average molecular weight is 411 g/mol. The van der Waals surface area contributed by atoms with Gasteiger partial charge in [0.15, 0.2) is 23.2 Å². The lowest BCUT2D eigenvalue weighted by molar-refractivity contribution is -0.124. The van der Waals surface area contributed by atoms with Crippen LogP contribution in [0.3, 0.4) is 0 Å². The van der Waals surface area contributed by atoms with Crippen LogP contribution in [0, 0.1) is 0 Å². The molecular formula is C20H17N3O5S. The summed E-state index contributed by atoms with van der Waals surface area (Å²) in [4.78, 5) is 33.4. The molecule has 0 radical (unpaired) electrons. The van der Waals surface area contributed by atoms with E-state index in [1.165, 1.54) is 23.8 Å². The minimum Gasteiger partial charge on any atom is -0.497 e. The molecule has 1 unspecified atom stereocenters. The van der Waals surface area contributed by atoms with Crippen LogP contribution in [0.5, 0.6) is 5.75 Å². The molecule has 4 rings (SSSR count). The van der Waals surface area contributed by atoms with E-state index in [0.717, 1.165) is 10.2 Å². The Morgan fingerprint density at radius 3 is 2.83 bits per heavy atom. The maximum Gasteiger partial charge on any atom is 0.339 e. The molecule has 4 aromatic rings. The molecule has 2 heterocycles. The Kier molecular flexibility index (Phi) is 5.13. The number of carbonyl (C=O) groups excluding carboxylic acids is 2. The Balaban J connectivity index is 1.46. The Hall–Kier alpha value is -3.46. The van der Waals surface area contributed by atoms with Gasteiger partial charge in [0.2, 0.25) is 0 Å². The monoisotopic (exact) mass is 411 g/mol. The van der Waals surface area contributed by atoms with Crippen LogP contribution in [0.1, 0.15) is 23.7 Å². The molecule has 148 valence electrons. The number of hydrogen-bond donors (Lipinski definition) is 1. The summed E-state index contributed by atoms with van der Waals surface area (Å²) in [7, 11) is 1.59. The number of nitrogens with zero attached hydrogens (tertiary/aromatic N) is 2. The van der Waals surface area contributed by atoms with Crippen LogP contribution in [0.25, 0.3) is 21.3 Å². The Bertz CT molecular complexity index is 1200. The van der Waals surface area contributed by atoms with Crippen molar-refractivity contribution < 1.29 is 23.5 Å². The molecule has 8 nitrogen and oxygen atoms in total. The molecular weight excluding hydrogens is 394 g/mol. The van der Waals surface area contributed by atoms with Crippen molar-refractivity contribution in [3.8, 4) is 5.75 Å². The molecule has 9 heteroatoms. The molecule has 2 aromatic heterocycles. The van der Waals surface area contributed by atoms with Crippen molar-refractivity contribution >= 4 is 49.7 Å². The van der Waals surface area contributed by atoms with Crippen molar-refractivity contribution in [3.63, 3.8) is 0 Å². The van der Waals surface area contributed by atoms with Crippen LogP contribution in [0.4, 0.5) is 5.13 Å². The first-order valence-electron chi connectivity index (χ1n) is 8.87. The van der Waals surface area contributed by atoms with Gasteiger partial charge in [0.1, 0.15) is 11.3 Å².